The highest BCUT2D eigenvalue weighted by molar-refractivity contribution is 6.30. The summed E-state index contributed by atoms with van der Waals surface area (Å²) >= 11 is 5.98. The van der Waals surface area contributed by atoms with Crippen LogP contribution in [0.2, 0.25) is 5.02 Å². The van der Waals surface area contributed by atoms with Gasteiger partial charge in [0.05, 0.1) is 0 Å². The predicted molar refractivity (Wildman–Crippen MR) is 84.7 cm³/mol. The molecule has 2 aromatic rings. The fourth-order valence-corrected chi connectivity index (χ4v) is 3.00. The van der Waals surface area contributed by atoms with E-state index in [4.69, 9.17) is 21.9 Å². The van der Waals surface area contributed by atoms with Gasteiger partial charge in [-0.15, -0.1) is 0 Å². The number of carbonyl (C=O) groups is 1. The monoisotopic (exact) mass is 319 g/mol. The third-order valence-corrected chi connectivity index (χ3v) is 4.24. The molecule has 0 saturated carbocycles. The maximum absolute atomic E-state index is 12.6. The average molecular weight is 320 g/mol. The molecule has 1 unspecified atom stereocenters. The lowest BCUT2D eigenvalue weighted by atomic mass is 10.0. The van der Waals surface area contributed by atoms with E-state index in [-0.39, 0.29) is 17.7 Å². The van der Waals surface area contributed by atoms with E-state index in [1.807, 2.05) is 12.1 Å². The maximum atomic E-state index is 12.6. The van der Waals surface area contributed by atoms with Crippen LogP contribution in [0.1, 0.15) is 29.8 Å². The number of rotatable bonds is 3. The highest BCUT2D eigenvalue weighted by atomic mass is 35.5. The van der Waals surface area contributed by atoms with E-state index in [1.165, 1.54) is 0 Å². The molecule has 1 aliphatic rings. The van der Waals surface area contributed by atoms with Gasteiger partial charge in [-0.25, -0.2) is 0 Å². The molecule has 6 heteroatoms. The fourth-order valence-electron chi connectivity index (χ4n) is 2.81. The molecule has 2 N–H and O–H groups in total. The number of nitrogens with zero attached hydrogens (tertiary/aromatic N) is 2. The number of aromatic nitrogens is 1. The van der Waals surface area contributed by atoms with Gasteiger partial charge < -0.3 is 15.2 Å². The lowest BCUT2D eigenvalue weighted by Crippen LogP contribution is -2.47. The Bertz CT molecular complexity index is 671. The van der Waals surface area contributed by atoms with Crippen LogP contribution in [-0.4, -0.2) is 35.1 Å². The molecule has 0 spiro atoms. The van der Waals surface area contributed by atoms with Crippen molar-refractivity contribution in [1.29, 1.82) is 0 Å². The molecule has 0 bridgehead atoms. The van der Waals surface area contributed by atoms with Gasteiger partial charge in [-0.2, -0.15) is 0 Å². The van der Waals surface area contributed by atoms with Gasteiger partial charge in [0, 0.05) is 35.8 Å². The number of hydrogen-bond donors (Lipinski definition) is 1. The molecule has 116 valence electrons. The number of halogens is 1. The number of hydrogen-bond acceptors (Lipinski definition) is 4. The zero-order chi connectivity index (χ0) is 15.5. The van der Waals surface area contributed by atoms with Crippen molar-refractivity contribution in [1.82, 2.24) is 10.1 Å². The van der Waals surface area contributed by atoms with Gasteiger partial charge in [0.25, 0.3) is 5.91 Å². The van der Waals surface area contributed by atoms with Gasteiger partial charge in [0.2, 0.25) is 5.76 Å². The van der Waals surface area contributed by atoms with E-state index in [1.54, 1.807) is 23.1 Å². The summed E-state index contributed by atoms with van der Waals surface area (Å²) in [6.07, 6.45) is 3.05. The highest BCUT2D eigenvalue weighted by Gasteiger charge is 2.29. The average Bonchev–Trinajstić information content (AvgIpc) is 3.04. The van der Waals surface area contributed by atoms with Crippen LogP contribution in [0, 0.1) is 0 Å². The quantitative estimate of drug-likeness (QED) is 0.944. The largest absolute Gasteiger partial charge is 0.350 e. The Morgan fingerprint density at radius 3 is 3.05 bits per heavy atom. The molecule has 22 heavy (non-hydrogen) atoms. The van der Waals surface area contributed by atoms with Crippen LogP contribution in [0.5, 0.6) is 0 Å². The lowest BCUT2D eigenvalue weighted by molar-refractivity contribution is 0.0581. The molecular formula is C16H18ClN3O2. The number of likely N-dealkylation sites (tertiary alicyclic amines) is 1. The minimum atomic E-state index is -0.143. The molecular weight excluding hydrogens is 302 g/mol. The molecule has 1 amide bonds. The maximum Gasteiger partial charge on any atom is 0.292 e. The SMILES string of the molecule is NCC1CCCCN1C(=O)c1cc(-c2cccc(Cl)c2)no1. The zero-order valence-electron chi connectivity index (χ0n) is 12.2. The first kappa shape index (κ1) is 15.1. The van der Waals surface area contributed by atoms with E-state index in [2.05, 4.69) is 5.16 Å². The molecule has 1 saturated heterocycles. The Morgan fingerprint density at radius 1 is 1.41 bits per heavy atom. The molecule has 1 aliphatic heterocycles. The van der Waals surface area contributed by atoms with Crippen LogP contribution >= 0.6 is 11.6 Å². The van der Waals surface area contributed by atoms with Gasteiger partial charge in [-0.3, -0.25) is 4.79 Å². The Balaban J connectivity index is 1.82. The summed E-state index contributed by atoms with van der Waals surface area (Å²) in [6, 6.07) is 9.04. The Kier molecular flexibility index (Phi) is 4.45. The Morgan fingerprint density at radius 2 is 2.27 bits per heavy atom. The summed E-state index contributed by atoms with van der Waals surface area (Å²) in [5.41, 5.74) is 7.19. The smallest absolute Gasteiger partial charge is 0.292 e. The molecule has 5 nitrogen and oxygen atoms in total. The van der Waals surface area contributed by atoms with Crippen LogP contribution in [0.15, 0.2) is 34.9 Å². The molecule has 1 aromatic carbocycles. The van der Waals surface area contributed by atoms with E-state index < -0.39 is 0 Å². The number of piperidine rings is 1. The fraction of sp³-hybridized carbons (Fsp3) is 0.375. The third-order valence-electron chi connectivity index (χ3n) is 4.00. The number of amides is 1. The molecule has 3 rings (SSSR count). The van der Waals surface area contributed by atoms with Crippen molar-refractivity contribution in [2.24, 2.45) is 5.73 Å². The van der Waals surface area contributed by atoms with Gasteiger partial charge in [0.1, 0.15) is 5.69 Å². The van der Waals surface area contributed by atoms with Gasteiger partial charge in [-0.1, -0.05) is 28.9 Å². The Hall–Kier alpha value is -1.85. The summed E-state index contributed by atoms with van der Waals surface area (Å²) in [5.74, 6) is 0.103. The van der Waals surface area contributed by atoms with E-state index in [0.29, 0.717) is 23.8 Å². The molecule has 1 aromatic heterocycles. The van der Waals surface area contributed by atoms with Crippen molar-refractivity contribution < 1.29 is 9.32 Å². The minimum absolute atomic E-state index is 0.0842. The third kappa shape index (κ3) is 3.00. The number of carbonyl (C=O) groups excluding carboxylic acids is 1. The van der Waals surface area contributed by atoms with Crippen molar-refractivity contribution in [2.45, 2.75) is 25.3 Å². The summed E-state index contributed by atoms with van der Waals surface area (Å²) in [4.78, 5) is 14.4. The molecule has 0 aliphatic carbocycles. The van der Waals surface area contributed by atoms with Crippen molar-refractivity contribution in [2.75, 3.05) is 13.1 Å². The molecule has 0 radical (unpaired) electrons. The second-order valence-corrected chi connectivity index (χ2v) is 5.91. The summed E-state index contributed by atoms with van der Waals surface area (Å²) in [6.45, 7) is 1.19. The van der Waals surface area contributed by atoms with Crippen molar-refractivity contribution in [3.63, 3.8) is 0 Å². The van der Waals surface area contributed by atoms with Crippen molar-refractivity contribution in [3.8, 4) is 11.3 Å². The van der Waals surface area contributed by atoms with E-state index >= 15 is 0 Å². The first-order valence-electron chi connectivity index (χ1n) is 7.42. The summed E-state index contributed by atoms with van der Waals surface area (Å²) in [7, 11) is 0. The van der Waals surface area contributed by atoms with Crippen molar-refractivity contribution in [3.05, 3.63) is 41.1 Å². The molecule has 1 atom stereocenters. The topological polar surface area (TPSA) is 72.4 Å². The first-order chi connectivity index (χ1) is 10.7. The first-order valence-corrected chi connectivity index (χ1v) is 7.80. The summed E-state index contributed by atoms with van der Waals surface area (Å²) in [5, 5.41) is 4.60. The van der Waals surface area contributed by atoms with Crippen molar-refractivity contribution >= 4 is 17.5 Å². The highest BCUT2D eigenvalue weighted by Crippen LogP contribution is 2.24. The molecule has 2 heterocycles. The van der Waals surface area contributed by atoms with Crippen LogP contribution < -0.4 is 5.73 Å². The van der Waals surface area contributed by atoms with Crippen LogP contribution in [0.3, 0.4) is 0 Å². The predicted octanol–water partition coefficient (Wildman–Crippen LogP) is 2.95. The van der Waals surface area contributed by atoms with Gasteiger partial charge in [-0.05, 0) is 31.4 Å². The normalized spacial score (nSPS) is 18.5. The van der Waals surface area contributed by atoms with E-state index in [9.17, 15) is 4.79 Å². The van der Waals surface area contributed by atoms with Crippen LogP contribution in [-0.2, 0) is 0 Å². The van der Waals surface area contributed by atoms with Crippen LogP contribution in [0.25, 0.3) is 11.3 Å². The van der Waals surface area contributed by atoms with Gasteiger partial charge >= 0.3 is 0 Å². The number of benzene rings is 1. The Labute approximate surface area is 134 Å². The lowest BCUT2D eigenvalue weighted by Gasteiger charge is -2.34. The zero-order valence-corrected chi connectivity index (χ0v) is 12.9. The van der Waals surface area contributed by atoms with Crippen LogP contribution in [0.4, 0.5) is 0 Å². The number of nitrogens with two attached hydrogens (primary N) is 1. The standard InChI is InChI=1S/C16H18ClN3O2/c17-12-5-3-4-11(8-12)14-9-15(22-19-14)16(21)20-7-2-1-6-13(20)10-18/h3-5,8-9,13H,1-2,6-7,10,18H2. The van der Waals surface area contributed by atoms with Gasteiger partial charge in [0.15, 0.2) is 0 Å². The second-order valence-electron chi connectivity index (χ2n) is 5.47. The van der Waals surface area contributed by atoms with E-state index in [0.717, 1.165) is 24.8 Å². The minimum Gasteiger partial charge on any atom is -0.350 e. The second kappa shape index (κ2) is 6.50. The molecule has 1 fully saturated rings. The summed E-state index contributed by atoms with van der Waals surface area (Å²) < 4.78 is 5.24.